The molecule has 2 N–H and O–H groups in total. The van der Waals surface area contributed by atoms with Gasteiger partial charge in [-0.15, -0.1) is 11.3 Å². The highest BCUT2D eigenvalue weighted by molar-refractivity contribution is 9.10. The number of nitrogens with zero attached hydrogens (tertiary/aromatic N) is 2. The highest BCUT2D eigenvalue weighted by Crippen LogP contribution is 2.25. The fourth-order valence-corrected chi connectivity index (χ4v) is 2.99. The molecule has 0 aliphatic carbocycles. The van der Waals surface area contributed by atoms with Crippen LogP contribution in [-0.4, -0.2) is 12.0 Å². The molecule has 0 unspecified atom stereocenters. The summed E-state index contributed by atoms with van der Waals surface area (Å²) in [6.45, 7) is 0.477. The van der Waals surface area contributed by atoms with Crippen LogP contribution in [0.5, 0.6) is 0 Å². The third kappa shape index (κ3) is 2.78. The number of hydrogen-bond donors (Lipinski definition) is 1. The van der Waals surface area contributed by atoms with Crippen LogP contribution in [0.1, 0.15) is 4.88 Å². The number of nitrogens with two attached hydrogens (primary N) is 1. The van der Waals surface area contributed by atoms with Crippen LogP contribution in [0.4, 0.5) is 20.4 Å². The summed E-state index contributed by atoms with van der Waals surface area (Å²) < 4.78 is 27.6. The van der Waals surface area contributed by atoms with Gasteiger partial charge >= 0.3 is 0 Å². The lowest BCUT2D eigenvalue weighted by Gasteiger charge is -2.18. The molecule has 96 valence electrons. The Morgan fingerprint density at radius 1 is 1.39 bits per heavy atom. The number of pyridine rings is 1. The van der Waals surface area contributed by atoms with Gasteiger partial charge in [0.25, 0.3) is 0 Å². The van der Waals surface area contributed by atoms with Crippen molar-refractivity contribution >= 4 is 38.9 Å². The first kappa shape index (κ1) is 13.2. The van der Waals surface area contributed by atoms with Crippen molar-refractivity contribution in [3.63, 3.8) is 0 Å². The Hall–Kier alpha value is -1.21. The van der Waals surface area contributed by atoms with E-state index in [1.807, 2.05) is 11.4 Å². The summed E-state index contributed by atoms with van der Waals surface area (Å²) in [5.74, 6) is -1.83. The van der Waals surface area contributed by atoms with Crippen LogP contribution in [0.2, 0.25) is 0 Å². The van der Waals surface area contributed by atoms with Crippen LogP contribution >= 0.6 is 27.3 Å². The van der Waals surface area contributed by atoms with Crippen molar-refractivity contribution < 1.29 is 8.78 Å². The standard InChI is InChI=1S/C11H10BrF2N3S/c1-17(4-7-2-6(12)5-18-7)11-9(14)3-8(13)10(15)16-11/h2-3,5H,4H2,1H3,(H2,15,16). The number of anilines is 2. The van der Waals surface area contributed by atoms with Crippen molar-refractivity contribution in [3.05, 3.63) is 38.5 Å². The molecule has 2 aromatic heterocycles. The second-order valence-corrected chi connectivity index (χ2v) is 5.66. The van der Waals surface area contributed by atoms with Crippen molar-refractivity contribution in [2.45, 2.75) is 6.54 Å². The third-order valence-corrected chi connectivity index (χ3v) is 4.00. The highest BCUT2D eigenvalue weighted by atomic mass is 79.9. The minimum absolute atomic E-state index is 0.0402. The summed E-state index contributed by atoms with van der Waals surface area (Å²) >= 11 is 4.89. The van der Waals surface area contributed by atoms with Crippen LogP contribution in [-0.2, 0) is 6.54 Å². The zero-order valence-corrected chi connectivity index (χ0v) is 11.9. The zero-order valence-electron chi connectivity index (χ0n) is 9.45. The molecule has 0 aliphatic heterocycles. The highest BCUT2D eigenvalue weighted by Gasteiger charge is 2.14. The number of aromatic nitrogens is 1. The quantitative estimate of drug-likeness (QED) is 0.935. The predicted molar refractivity (Wildman–Crippen MR) is 72.7 cm³/mol. The molecule has 0 saturated carbocycles. The zero-order chi connectivity index (χ0) is 13.3. The van der Waals surface area contributed by atoms with Gasteiger partial charge in [0.05, 0.1) is 6.54 Å². The average Bonchev–Trinajstić information content (AvgIpc) is 2.69. The largest absolute Gasteiger partial charge is 0.381 e. The van der Waals surface area contributed by atoms with Gasteiger partial charge in [-0.2, -0.15) is 0 Å². The molecule has 0 radical (unpaired) electrons. The first-order valence-electron chi connectivity index (χ1n) is 5.03. The first-order chi connectivity index (χ1) is 8.47. The molecule has 0 bridgehead atoms. The van der Waals surface area contributed by atoms with Gasteiger partial charge in [-0.25, -0.2) is 13.8 Å². The maximum Gasteiger partial charge on any atom is 0.168 e. The van der Waals surface area contributed by atoms with E-state index in [1.54, 1.807) is 23.3 Å². The van der Waals surface area contributed by atoms with Crippen LogP contribution in [0.15, 0.2) is 22.0 Å². The molecular formula is C11H10BrF2N3S. The number of hydrogen-bond acceptors (Lipinski definition) is 4. The lowest BCUT2D eigenvalue weighted by molar-refractivity contribution is 0.574. The SMILES string of the molecule is CN(Cc1cc(Br)cs1)c1nc(N)c(F)cc1F. The molecule has 3 nitrogen and oxygen atoms in total. The molecule has 0 aromatic carbocycles. The molecule has 2 heterocycles. The predicted octanol–water partition coefficient (Wildman–Crippen LogP) is 3.40. The van der Waals surface area contributed by atoms with Crippen LogP contribution < -0.4 is 10.6 Å². The first-order valence-corrected chi connectivity index (χ1v) is 6.70. The molecule has 2 aromatic rings. The molecule has 0 atom stereocenters. The summed E-state index contributed by atoms with van der Waals surface area (Å²) in [4.78, 5) is 6.34. The Bertz CT molecular complexity index is 573. The van der Waals surface area contributed by atoms with E-state index in [9.17, 15) is 8.78 Å². The number of thiophene rings is 1. The van der Waals surface area contributed by atoms with E-state index >= 15 is 0 Å². The van der Waals surface area contributed by atoms with Crippen molar-refractivity contribution in [1.29, 1.82) is 0 Å². The van der Waals surface area contributed by atoms with Gasteiger partial charge in [-0.05, 0) is 22.0 Å². The lowest BCUT2D eigenvalue weighted by Crippen LogP contribution is -2.19. The summed E-state index contributed by atoms with van der Waals surface area (Å²) in [7, 11) is 1.68. The molecule has 18 heavy (non-hydrogen) atoms. The van der Waals surface area contributed by atoms with Gasteiger partial charge in [0.15, 0.2) is 23.3 Å². The summed E-state index contributed by atoms with van der Waals surface area (Å²) in [6, 6.07) is 2.68. The smallest absolute Gasteiger partial charge is 0.168 e. The normalized spacial score (nSPS) is 10.7. The van der Waals surface area contributed by atoms with Gasteiger partial charge < -0.3 is 10.6 Å². The topological polar surface area (TPSA) is 42.2 Å². The molecule has 0 saturated heterocycles. The molecule has 2 rings (SSSR count). The number of halogens is 3. The van der Waals surface area contributed by atoms with E-state index in [-0.39, 0.29) is 11.6 Å². The lowest BCUT2D eigenvalue weighted by atomic mass is 10.3. The Kier molecular flexibility index (Phi) is 3.82. The van der Waals surface area contributed by atoms with Crippen LogP contribution in [0.3, 0.4) is 0 Å². The van der Waals surface area contributed by atoms with Crippen molar-refractivity contribution in [1.82, 2.24) is 4.98 Å². The fourth-order valence-electron chi connectivity index (χ4n) is 1.48. The monoisotopic (exact) mass is 333 g/mol. The molecule has 0 aliphatic rings. The maximum absolute atomic E-state index is 13.6. The van der Waals surface area contributed by atoms with E-state index in [1.165, 1.54) is 0 Å². The molecule has 0 spiro atoms. The summed E-state index contributed by atoms with van der Waals surface area (Å²) in [5.41, 5.74) is 5.34. The Morgan fingerprint density at radius 3 is 2.72 bits per heavy atom. The van der Waals surface area contributed by atoms with Gasteiger partial charge in [0.1, 0.15) is 0 Å². The van der Waals surface area contributed by atoms with E-state index in [0.29, 0.717) is 6.54 Å². The van der Waals surface area contributed by atoms with Gasteiger partial charge in [0, 0.05) is 27.8 Å². The molecular weight excluding hydrogens is 324 g/mol. The van der Waals surface area contributed by atoms with Crippen LogP contribution in [0, 0.1) is 11.6 Å². The average molecular weight is 334 g/mol. The van der Waals surface area contributed by atoms with E-state index in [0.717, 1.165) is 15.4 Å². The Morgan fingerprint density at radius 2 is 2.11 bits per heavy atom. The van der Waals surface area contributed by atoms with Crippen molar-refractivity contribution in [2.24, 2.45) is 0 Å². The van der Waals surface area contributed by atoms with Crippen LogP contribution in [0.25, 0.3) is 0 Å². The van der Waals surface area contributed by atoms with Gasteiger partial charge in [-0.1, -0.05) is 0 Å². The number of nitrogen functional groups attached to an aromatic ring is 1. The molecule has 0 amide bonds. The number of rotatable bonds is 3. The summed E-state index contributed by atoms with van der Waals surface area (Å²) in [6.07, 6.45) is 0. The Labute approximate surface area is 115 Å². The van der Waals surface area contributed by atoms with Crippen molar-refractivity contribution in [3.8, 4) is 0 Å². The van der Waals surface area contributed by atoms with E-state index in [4.69, 9.17) is 5.73 Å². The molecule has 0 fully saturated rings. The van der Waals surface area contributed by atoms with Gasteiger partial charge in [0.2, 0.25) is 0 Å². The maximum atomic E-state index is 13.6. The third-order valence-electron chi connectivity index (χ3n) is 2.31. The molecule has 7 heteroatoms. The minimum Gasteiger partial charge on any atom is -0.381 e. The van der Waals surface area contributed by atoms with E-state index in [2.05, 4.69) is 20.9 Å². The summed E-state index contributed by atoms with van der Waals surface area (Å²) in [5, 5.41) is 1.94. The second-order valence-electron chi connectivity index (χ2n) is 3.75. The minimum atomic E-state index is -0.844. The van der Waals surface area contributed by atoms with E-state index < -0.39 is 11.6 Å². The second kappa shape index (κ2) is 5.19. The van der Waals surface area contributed by atoms with Gasteiger partial charge in [-0.3, -0.25) is 0 Å². The Balaban J connectivity index is 2.23. The fraction of sp³-hybridized carbons (Fsp3) is 0.182. The van der Waals surface area contributed by atoms with Crippen molar-refractivity contribution in [2.75, 3.05) is 17.7 Å².